The molecular formula is C21H18IN5O3S. The van der Waals surface area contributed by atoms with Crippen molar-refractivity contribution in [1.82, 2.24) is 19.5 Å². The normalized spacial score (nSPS) is 11.3. The maximum atomic E-state index is 12.5. The standard InChI is InChI=1S/C21H18IN5O3S/c1-14-24-20(27-12-11-23-15(27)2)13-21(25-14)30-18-7-5-17(6-8-18)26-31(28,29)19-9-3-16(22)4-10-19/h3-13,26H,1-2H3. The fourth-order valence-electron chi connectivity index (χ4n) is 2.86. The van der Waals surface area contributed by atoms with E-state index in [2.05, 4.69) is 42.3 Å². The van der Waals surface area contributed by atoms with Crippen molar-refractivity contribution >= 4 is 38.3 Å². The number of rotatable bonds is 6. The summed E-state index contributed by atoms with van der Waals surface area (Å²) in [5.41, 5.74) is 0.430. The van der Waals surface area contributed by atoms with Crippen molar-refractivity contribution in [2.45, 2.75) is 18.7 Å². The molecule has 0 fully saturated rings. The first-order valence-corrected chi connectivity index (χ1v) is 11.8. The monoisotopic (exact) mass is 547 g/mol. The van der Waals surface area contributed by atoms with Crippen molar-refractivity contribution in [3.63, 3.8) is 0 Å². The maximum absolute atomic E-state index is 12.5. The van der Waals surface area contributed by atoms with Crippen LogP contribution in [-0.4, -0.2) is 27.9 Å². The highest BCUT2D eigenvalue weighted by Gasteiger charge is 2.14. The SMILES string of the molecule is Cc1nc(Oc2ccc(NS(=O)(=O)c3ccc(I)cc3)cc2)cc(-n2ccnc2C)n1. The number of sulfonamides is 1. The van der Waals surface area contributed by atoms with Gasteiger partial charge in [-0.3, -0.25) is 9.29 Å². The molecule has 4 aromatic rings. The predicted molar refractivity (Wildman–Crippen MR) is 125 cm³/mol. The third kappa shape index (κ3) is 5.02. The molecule has 2 aromatic heterocycles. The number of aryl methyl sites for hydroxylation is 2. The van der Waals surface area contributed by atoms with E-state index in [4.69, 9.17) is 4.74 Å². The van der Waals surface area contributed by atoms with Crippen LogP contribution < -0.4 is 9.46 Å². The number of imidazole rings is 1. The lowest BCUT2D eigenvalue weighted by Crippen LogP contribution is -2.12. The molecule has 0 aliphatic rings. The molecule has 158 valence electrons. The Morgan fingerprint density at radius 3 is 2.35 bits per heavy atom. The van der Waals surface area contributed by atoms with E-state index in [9.17, 15) is 8.42 Å². The molecule has 0 aliphatic heterocycles. The van der Waals surface area contributed by atoms with Crippen LogP contribution in [0.15, 0.2) is 71.9 Å². The molecule has 2 aromatic carbocycles. The van der Waals surface area contributed by atoms with E-state index in [0.29, 0.717) is 29.0 Å². The predicted octanol–water partition coefficient (Wildman–Crippen LogP) is 4.48. The lowest BCUT2D eigenvalue weighted by Gasteiger charge is -2.11. The molecule has 10 heteroatoms. The van der Waals surface area contributed by atoms with E-state index >= 15 is 0 Å². The Morgan fingerprint density at radius 2 is 1.71 bits per heavy atom. The number of ether oxygens (including phenoxy) is 1. The summed E-state index contributed by atoms with van der Waals surface area (Å²) in [6, 6.07) is 15.0. The fraction of sp³-hybridized carbons (Fsp3) is 0.0952. The van der Waals surface area contributed by atoms with Gasteiger partial charge >= 0.3 is 0 Å². The summed E-state index contributed by atoms with van der Waals surface area (Å²) < 4.78 is 36.3. The zero-order valence-electron chi connectivity index (χ0n) is 16.7. The van der Waals surface area contributed by atoms with Gasteiger partial charge in [-0.2, -0.15) is 4.98 Å². The number of aromatic nitrogens is 4. The molecule has 0 radical (unpaired) electrons. The van der Waals surface area contributed by atoms with Crippen LogP contribution >= 0.6 is 22.6 Å². The summed E-state index contributed by atoms with van der Waals surface area (Å²) in [6.07, 6.45) is 3.51. The lowest BCUT2D eigenvalue weighted by atomic mass is 10.3. The van der Waals surface area contributed by atoms with Crippen molar-refractivity contribution in [2.24, 2.45) is 0 Å². The molecule has 0 spiro atoms. The van der Waals surface area contributed by atoms with Gasteiger partial charge in [-0.25, -0.2) is 18.4 Å². The second-order valence-corrected chi connectivity index (χ2v) is 9.57. The Morgan fingerprint density at radius 1 is 1.00 bits per heavy atom. The van der Waals surface area contributed by atoms with Crippen molar-refractivity contribution in [1.29, 1.82) is 0 Å². The molecule has 2 heterocycles. The van der Waals surface area contributed by atoms with Gasteiger partial charge in [0.1, 0.15) is 23.2 Å². The second-order valence-electron chi connectivity index (χ2n) is 6.64. The van der Waals surface area contributed by atoms with Crippen LogP contribution in [0.3, 0.4) is 0 Å². The van der Waals surface area contributed by atoms with Crippen molar-refractivity contribution < 1.29 is 13.2 Å². The minimum Gasteiger partial charge on any atom is -0.439 e. The summed E-state index contributed by atoms with van der Waals surface area (Å²) in [7, 11) is -3.67. The molecule has 0 bridgehead atoms. The number of hydrogen-bond acceptors (Lipinski definition) is 6. The van der Waals surface area contributed by atoms with Crippen molar-refractivity contribution in [3.8, 4) is 17.4 Å². The minimum absolute atomic E-state index is 0.201. The van der Waals surface area contributed by atoms with Gasteiger partial charge in [0, 0.05) is 27.7 Å². The third-order valence-electron chi connectivity index (χ3n) is 4.33. The average molecular weight is 547 g/mol. The quantitative estimate of drug-likeness (QED) is 0.358. The fourth-order valence-corrected chi connectivity index (χ4v) is 4.28. The van der Waals surface area contributed by atoms with Crippen molar-refractivity contribution in [3.05, 3.63) is 82.2 Å². The molecule has 0 atom stereocenters. The van der Waals surface area contributed by atoms with E-state index in [1.165, 1.54) is 0 Å². The van der Waals surface area contributed by atoms with Gasteiger partial charge < -0.3 is 4.74 Å². The number of hydrogen-bond donors (Lipinski definition) is 1. The molecular weight excluding hydrogens is 529 g/mol. The Labute approximate surface area is 193 Å². The van der Waals surface area contributed by atoms with Gasteiger partial charge in [0.05, 0.1) is 4.90 Å². The van der Waals surface area contributed by atoms with E-state index in [0.717, 1.165) is 9.39 Å². The Bertz CT molecular complexity index is 1320. The molecule has 0 saturated heterocycles. The summed E-state index contributed by atoms with van der Waals surface area (Å²) in [5.74, 6) is 2.90. The second kappa shape index (κ2) is 8.63. The van der Waals surface area contributed by atoms with Gasteiger partial charge in [-0.15, -0.1) is 0 Å². The minimum atomic E-state index is -3.67. The molecule has 4 rings (SSSR count). The molecule has 0 aliphatic carbocycles. The Kier molecular flexibility index (Phi) is 5.92. The third-order valence-corrected chi connectivity index (χ3v) is 6.44. The van der Waals surface area contributed by atoms with Gasteiger partial charge in [0.15, 0.2) is 0 Å². The highest BCUT2D eigenvalue weighted by molar-refractivity contribution is 14.1. The van der Waals surface area contributed by atoms with Gasteiger partial charge in [0.2, 0.25) is 5.88 Å². The van der Waals surface area contributed by atoms with Crippen LogP contribution in [0.5, 0.6) is 11.6 Å². The molecule has 0 saturated carbocycles. The first-order valence-electron chi connectivity index (χ1n) is 9.22. The van der Waals surface area contributed by atoms with Gasteiger partial charge in [0.25, 0.3) is 10.0 Å². The number of anilines is 1. The molecule has 8 nitrogen and oxygen atoms in total. The Balaban J connectivity index is 1.51. The van der Waals surface area contributed by atoms with Gasteiger partial charge in [-0.05, 0) is 85.0 Å². The summed E-state index contributed by atoms with van der Waals surface area (Å²) >= 11 is 2.13. The zero-order valence-corrected chi connectivity index (χ0v) is 19.6. The van der Waals surface area contributed by atoms with Crippen LogP contribution in [0.2, 0.25) is 0 Å². The van der Waals surface area contributed by atoms with Crippen LogP contribution in [0.4, 0.5) is 5.69 Å². The molecule has 0 unspecified atom stereocenters. The number of nitrogens with one attached hydrogen (secondary N) is 1. The van der Waals surface area contributed by atoms with E-state index < -0.39 is 10.0 Å². The topological polar surface area (TPSA) is 99.0 Å². The van der Waals surface area contributed by atoms with E-state index in [1.54, 1.807) is 67.7 Å². The summed E-state index contributed by atoms with van der Waals surface area (Å²) in [6.45, 7) is 3.67. The van der Waals surface area contributed by atoms with Crippen molar-refractivity contribution in [2.75, 3.05) is 4.72 Å². The highest BCUT2D eigenvalue weighted by atomic mass is 127. The van der Waals surface area contributed by atoms with Crippen LogP contribution in [0.25, 0.3) is 5.82 Å². The molecule has 31 heavy (non-hydrogen) atoms. The number of halogens is 1. The first-order chi connectivity index (χ1) is 14.8. The highest BCUT2D eigenvalue weighted by Crippen LogP contribution is 2.25. The Hall–Kier alpha value is -2.99. The number of nitrogens with zero attached hydrogens (tertiary/aromatic N) is 4. The number of benzene rings is 2. The summed E-state index contributed by atoms with van der Waals surface area (Å²) in [4.78, 5) is 13.1. The largest absolute Gasteiger partial charge is 0.439 e. The van der Waals surface area contributed by atoms with Crippen LogP contribution in [0, 0.1) is 17.4 Å². The molecule has 0 amide bonds. The summed E-state index contributed by atoms with van der Waals surface area (Å²) in [5, 5.41) is 0. The van der Waals surface area contributed by atoms with Gasteiger partial charge in [-0.1, -0.05) is 0 Å². The first kappa shape index (κ1) is 21.2. The van der Waals surface area contributed by atoms with E-state index in [1.807, 2.05) is 17.7 Å². The van der Waals surface area contributed by atoms with Crippen LogP contribution in [-0.2, 0) is 10.0 Å². The zero-order chi connectivity index (χ0) is 22.0. The van der Waals surface area contributed by atoms with E-state index in [-0.39, 0.29) is 4.90 Å². The maximum Gasteiger partial charge on any atom is 0.261 e. The lowest BCUT2D eigenvalue weighted by molar-refractivity contribution is 0.459. The smallest absolute Gasteiger partial charge is 0.261 e. The molecule has 1 N–H and O–H groups in total. The van der Waals surface area contributed by atoms with Crippen LogP contribution in [0.1, 0.15) is 11.6 Å². The average Bonchev–Trinajstić information content (AvgIpc) is 3.15.